The van der Waals surface area contributed by atoms with Crippen molar-refractivity contribution in [1.29, 1.82) is 0 Å². The quantitative estimate of drug-likeness (QED) is 0.170. The molecule has 12 aromatic rings. The van der Waals surface area contributed by atoms with Crippen LogP contribution in [-0.4, -0.2) is 0 Å². The highest BCUT2D eigenvalue weighted by Gasteiger charge is 2.20. The molecule has 0 aliphatic carbocycles. The van der Waals surface area contributed by atoms with Gasteiger partial charge in [-0.3, -0.25) is 0 Å². The van der Waals surface area contributed by atoms with Gasteiger partial charge >= 0.3 is 0 Å². The van der Waals surface area contributed by atoms with E-state index in [2.05, 4.69) is 170 Å². The number of furan rings is 2. The van der Waals surface area contributed by atoms with Gasteiger partial charge in [-0.05, 0) is 125 Å². The Balaban J connectivity index is 1.17. The minimum Gasteiger partial charge on any atom is -0.456 e. The van der Waals surface area contributed by atoms with E-state index < -0.39 is 0 Å². The standard InChI is InChI=1S/C54H32O2/c1-2-12-34(13-3-1)53-43-25-21-36(38-24-28-52-46(30-38)41-17-7-9-20-50(41)56-52)32-48(43)54(42-18-10-14-33-11-4-5-15-39(33)42)44-26-22-35(31-47(44)53)37-23-27-51-45(29-37)40-16-6-8-19-49(40)55-51/h1-32H. The zero-order valence-corrected chi connectivity index (χ0v) is 30.3. The van der Waals surface area contributed by atoms with Crippen LogP contribution in [0.4, 0.5) is 0 Å². The zero-order valence-electron chi connectivity index (χ0n) is 30.3. The lowest BCUT2D eigenvalue weighted by Crippen LogP contribution is -1.93. The Bertz CT molecular complexity index is 3520. The molecular formula is C54H32O2. The number of hydrogen-bond acceptors (Lipinski definition) is 2. The molecule has 0 fully saturated rings. The summed E-state index contributed by atoms with van der Waals surface area (Å²) in [4.78, 5) is 0. The monoisotopic (exact) mass is 712 g/mol. The predicted molar refractivity (Wildman–Crippen MR) is 235 cm³/mol. The van der Waals surface area contributed by atoms with Crippen molar-refractivity contribution in [2.75, 3.05) is 0 Å². The molecule has 0 saturated carbocycles. The Kier molecular flexibility index (Phi) is 6.66. The molecule has 0 aliphatic rings. The van der Waals surface area contributed by atoms with Gasteiger partial charge in [-0.15, -0.1) is 0 Å². The Morgan fingerprint density at radius 2 is 0.679 bits per heavy atom. The van der Waals surface area contributed by atoms with Crippen molar-refractivity contribution in [2.24, 2.45) is 0 Å². The molecule has 0 saturated heterocycles. The van der Waals surface area contributed by atoms with Gasteiger partial charge in [0.1, 0.15) is 22.3 Å². The van der Waals surface area contributed by atoms with Gasteiger partial charge in [-0.1, -0.05) is 146 Å². The molecule has 0 amide bonds. The molecule has 12 rings (SSSR count). The summed E-state index contributed by atoms with van der Waals surface area (Å²) >= 11 is 0. The van der Waals surface area contributed by atoms with E-state index in [-0.39, 0.29) is 0 Å². The van der Waals surface area contributed by atoms with E-state index in [1.807, 2.05) is 24.3 Å². The summed E-state index contributed by atoms with van der Waals surface area (Å²) in [5, 5.41) is 11.9. The fourth-order valence-electron chi connectivity index (χ4n) is 9.05. The van der Waals surface area contributed by atoms with E-state index >= 15 is 0 Å². The van der Waals surface area contributed by atoms with Crippen molar-refractivity contribution < 1.29 is 8.83 Å². The molecule has 2 nitrogen and oxygen atoms in total. The molecule has 0 spiro atoms. The molecule has 0 atom stereocenters. The van der Waals surface area contributed by atoms with Gasteiger partial charge in [0.15, 0.2) is 0 Å². The van der Waals surface area contributed by atoms with Crippen LogP contribution in [0.1, 0.15) is 0 Å². The van der Waals surface area contributed by atoms with Crippen LogP contribution in [0, 0.1) is 0 Å². The normalized spacial score (nSPS) is 11.9. The maximum absolute atomic E-state index is 6.22. The van der Waals surface area contributed by atoms with Crippen LogP contribution in [0.25, 0.3) is 121 Å². The molecule has 2 heteroatoms. The van der Waals surface area contributed by atoms with Crippen molar-refractivity contribution in [2.45, 2.75) is 0 Å². The molecule has 2 aromatic heterocycles. The first-order valence-corrected chi connectivity index (χ1v) is 19.2. The fourth-order valence-corrected chi connectivity index (χ4v) is 9.05. The van der Waals surface area contributed by atoms with Crippen molar-refractivity contribution in [3.8, 4) is 44.5 Å². The van der Waals surface area contributed by atoms with Crippen LogP contribution in [0.2, 0.25) is 0 Å². The third kappa shape index (κ3) is 4.69. The highest BCUT2D eigenvalue weighted by molar-refractivity contribution is 6.24. The van der Waals surface area contributed by atoms with E-state index in [0.29, 0.717) is 0 Å². The Labute approximate surface area is 322 Å². The molecule has 2 heterocycles. The second-order valence-corrected chi connectivity index (χ2v) is 14.8. The summed E-state index contributed by atoms with van der Waals surface area (Å²) in [5.74, 6) is 0. The number of hydrogen-bond donors (Lipinski definition) is 0. The van der Waals surface area contributed by atoms with Crippen LogP contribution in [0.15, 0.2) is 203 Å². The Hall–Kier alpha value is -7.42. The van der Waals surface area contributed by atoms with Crippen molar-refractivity contribution in [3.05, 3.63) is 194 Å². The van der Waals surface area contributed by atoms with E-state index in [1.165, 1.54) is 65.7 Å². The third-order valence-electron chi connectivity index (χ3n) is 11.7. The van der Waals surface area contributed by atoms with E-state index in [9.17, 15) is 0 Å². The number of benzene rings is 10. The van der Waals surface area contributed by atoms with Crippen LogP contribution < -0.4 is 0 Å². The lowest BCUT2D eigenvalue weighted by molar-refractivity contribution is 0.668. The maximum atomic E-state index is 6.22. The van der Waals surface area contributed by atoms with Crippen molar-refractivity contribution in [3.63, 3.8) is 0 Å². The second-order valence-electron chi connectivity index (χ2n) is 14.8. The molecule has 0 unspecified atom stereocenters. The van der Waals surface area contributed by atoms with Crippen LogP contribution >= 0.6 is 0 Å². The van der Waals surface area contributed by atoms with E-state index in [4.69, 9.17) is 8.83 Å². The summed E-state index contributed by atoms with van der Waals surface area (Å²) in [7, 11) is 0. The molecule has 0 aliphatic heterocycles. The minimum atomic E-state index is 0.903. The van der Waals surface area contributed by atoms with Gasteiger partial charge in [-0.2, -0.15) is 0 Å². The summed E-state index contributed by atoms with van der Waals surface area (Å²) < 4.78 is 12.4. The van der Waals surface area contributed by atoms with Gasteiger partial charge in [0.2, 0.25) is 0 Å². The average molecular weight is 713 g/mol. The number of fused-ring (bicyclic) bond motifs is 9. The molecular weight excluding hydrogens is 681 g/mol. The molecule has 0 bridgehead atoms. The molecule has 56 heavy (non-hydrogen) atoms. The predicted octanol–water partition coefficient (Wildman–Crippen LogP) is 15.6. The highest BCUT2D eigenvalue weighted by Crippen LogP contribution is 2.48. The van der Waals surface area contributed by atoms with Gasteiger partial charge in [0.25, 0.3) is 0 Å². The minimum absolute atomic E-state index is 0.903. The molecule has 0 radical (unpaired) electrons. The third-order valence-corrected chi connectivity index (χ3v) is 11.7. The number of rotatable bonds is 4. The topological polar surface area (TPSA) is 26.3 Å². The lowest BCUT2D eigenvalue weighted by Gasteiger charge is -2.20. The Morgan fingerprint density at radius 1 is 0.232 bits per heavy atom. The fraction of sp³-hybridized carbons (Fsp3) is 0. The summed E-state index contributed by atoms with van der Waals surface area (Å²) in [6.45, 7) is 0. The summed E-state index contributed by atoms with van der Waals surface area (Å²) in [5.41, 5.74) is 13.2. The zero-order chi connectivity index (χ0) is 36.7. The maximum Gasteiger partial charge on any atom is 0.135 e. The first-order chi connectivity index (χ1) is 27.7. The van der Waals surface area contributed by atoms with Gasteiger partial charge in [-0.25, -0.2) is 0 Å². The van der Waals surface area contributed by atoms with Crippen LogP contribution in [0.3, 0.4) is 0 Å². The highest BCUT2D eigenvalue weighted by atomic mass is 16.3. The van der Waals surface area contributed by atoms with Gasteiger partial charge in [0.05, 0.1) is 0 Å². The Morgan fingerprint density at radius 3 is 1.30 bits per heavy atom. The van der Waals surface area contributed by atoms with Crippen molar-refractivity contribution in [1.82, 2.24) is 0 Å². The average Bonchev–Trinajstić information content (AvgIpc) is 3.83. The first-order valence-electron chi connectivity index (χ1n) is 19.2. The smallest absolute Gasteiger partial charge is 0.135 e. The van der Waals surface area contributed by atoms with E-state index in [1.54, 1.807) is 0 Å². The van der Waals surface area contributed by atoms with E-state index in [0.717, 1.165) is 55.0 Å². The SMILES string of the molecule is c1ccc(-c2c3cc(-c4ccc5oc6ccccc6c5c4)ccc3c(-c3cccc4ccccc34)c3cc(-c4ccc5oc6ccccc6c5c4)ccc23)cc1. The number of para-hydroxylation sites is 2. The molecule has 260 valence electrons. The summed E-state index contributed by atoms with van der Waals surface area (Å²) in [6, 6.07) is 70.2. The molecule has 10 aromatic carbocycles. The lowest BCUT2D eigenvalue weighted by atomic mass is 9.83. The molecule has 0 N–H and O–H groups in total. The largest absolute Gasteiger partial charge is 0.456 e. The first kappa shape index (κ1) is 31.0. The van der Waals surface area contributed by atoms with Gasteiger partial charge < -0.3 is 8.83 Å². The van der Waals surface area contributed by atoms with Crippen LogP contribution in [0.5, 0.6) is 0 Å². The van der Waals surface area contributed by atoms with Gasteiger partial charge in [0, 0.05) is 21.5 Å². The van der Waals surface area contributed by atoms with Crippen molar-refractivity contribution >= 4 is 76.2 Å². The summed E-state index contributed by atoms with van der Waals surface area (Å²) in [6.07, 6.45) is 0. The second kappa shape index (κ2) is 12.0. The van der Waals surface area contributed by atoms with Crippen LogP contribution in [-0.2, 0) is 0 Å².